The Hall–Kier alpha value is -2.59. The minimum atomic E-state index is -0.201. The molecule has 0 bridgehead atoms. The Morgan fingerprint density at radius 2 is 1.96 bits per heavy atom. The van der Waals surface area contributed by atoms with Gasteiger partial charge in [-0.2, -0.15) is 5.10 Å². The molecule has 2 aromatic rings. The number of halogens is 1. The van der Waals surface area contributed by atoms with E-state index in [1.165, 1.54) is 0 Å². The summed E-state index contributed by atoms with van der Waals surface area (Å²) in [7, 11) is 0. The first-order chi connectivity index (χ1) is 11.2. The van der Waals surface area contributed by atoms with Crippen molar-refractivity contribution in [3.05, 3.63) is 77.3 Å². The number of carbonyl (C=O) groups is 1. The lowest BCUT2D eigenvalue weighted by Crippen LogP contribution is -2.19. The van der Waals surface area contributed by atoms with Crippen LogP contribution in [-0.4, -0.2) is 18.7 Å². The zero-order valence-electron chi connectivity index (χ0n) is 12.5. The minimum Gasteiger partial charge on any atom is -0.489 e. The normalized spacial score (nSPS) is 10.5. The highest BCUT2D eigenvalue weighted by Crippen LogP contribution is 2.15. The van der Waals surface area contributed by atoms with Gasteiger partial charge in [0.2, 0.25) is 5.91 Å². The maximum absolute atomic E-state index is 11.8. The lowest BCUT2D eigenvalue weighted by atomic mass is 10.1. The average Bonchev–Trinajstić information content (AvgIpc) is 2.56. The number of hydrogen-bond acceptors (Lipinski definition) is 3. The third-order valence-corrected chi connectivity index (χ3v) is 3.20. The van der Waals surface area contributed by atoms with Gasteiger partial charge in [-0.25, -0.2) is 5.43 Å². The number of carbonyl (C=O) groups excluding carboxylic acids is 1. The van der Waals surface area contributed by atoms with Crippen molar-refractivity contribution in [2.75, 3.05) is 6.61 Å². The highest BCUT2D eigenvalue weighted by Gasteiger charge is 2.03. The average molecular weight is 329 g/mol. The Morgan fingerprint density at radius 3 is 2.70 bits per heavy atom. The molecule has 4 nitrogen and oxygen atoms in total. The van der Waals surface area contributed by atoms with E-state index in [9.17, 15) is 4.79 Å². The van der Waals surface area contributed by atoms with Crippen molar-refractivity contribution in [1.82, 2.24) is 5.43 Å². The van der Waals surface area contributed by atoms with Crippen molar-refractivity contribution in [2.45, 2.75) is 6.42 Å². The third-order valence-electron chi connectivity index (χ3n) is 2.95. The molecule has 0 radical (unpaired) electrons. The first-order valence-corrected chi connectivity index (χ1v) is 7.46. The second-order valence-corrected chi connectivity index (χ2v) is 5.17. The maximum atomic E-state index is 11.8. The molecule has 0 aliphatic heterocycles. The minimum absolute atomic E-state index is 0.201. The SMILES string of the molecule is C=CCOc1ccccc1/C=N/NC(=O)Cc1ccc(Cl)cc1. The molecule has 2 rings (SSSR count). The first-order valence-electron chi connectivity index (χ1n) is 7.08. The molecule has 0 aromatic heterocycles. The summed E-state index contributed by atoms with van der Waals surface area (Å²) < 4.78 is 5.52. The monoisotopic (exact) mass is 328 g/mol. The molecule has 0 heterocycles. The van der Waals surface area contributed by atoms with E-state index >= 15 is 0 Å². The van der Waals surface area contributed by atoms with Crippen LogP contribution in [0.4, 0.5) is 0 Å². The Kier molecular flexibility index (Phi) is 6.39. The summed E-state index contributed by atoms with van der Waals surface area (Å²) >= 11 is 5.81. The number of benzene rings is 2. The van der Waals surface area contributed by atoms with Crippen molar-refractivity contribution in [2.24, 2.45) is 5.10 Å². The van der Waals surface area contributed by atoms with Gasteiger partial charge in [-0.3, -0.25) is 4.79 Å². The van der Waals surface area contributed by atoms with Gasteiger partial charge in [0.25, 0.3) is 0 Å². The number of ether oxygens (including phenoxy) is 1. The summed E-state index contributed by atoms with van der Waals surface area (Å²) in [6.07, 6.45) is 3.46. The van der Waals surface area contributed by atoms with Crippen molar-refractivity contribution < 1.29 is 9.53 Å². The molecule has 0 spiro atoms. The van der Waals surface area contributed by atoms with Crippen LogP contribution in [0, 0.1) is 0 Å². The molecule has 0 aliphatic rings. The summed E-state index contributed by atoms with van der Waals surface area (Å²) in [4.78, 5) is 11.8. The number of nitrogens with zero attached hydrogens (tertiary/aromatic N) is 1. The molecule has 0 atom stereocenters. The molecule has 0 unspecified atom stereocenters. The van der Waals surface area contributed by atoms with Crippen LogP contribution < -0.4 is 10.2 Å². The molecule has 0 saturated heterocycles. The van der Waals surface area contributed by atoms with Crippen LogP contribution in [0.25, 0.3) is 0 Å². The Morgan fingerprint density at radius 1 is 1.22 bits per heavy atom. The molecular weight excluding hydrogens is 312 g/mol. The molecule has 1 amide bonds. The number of hydrazone groups is 1. The van der Waals surface area contributed by atoms with E-state index < -0.39 is 0 Å². The number of amides is 1. The largest absolute Gasteiger partial charge is 0.489 e. The first kappa shape index (κ1) is 16.8. The van der Waals surface area contributed by atoms with Gasteiger partial charge in [0, 0.05) is 10.6 Å². The van der Waals surface area contributed by atoms with Gasteiger partial charge in [0.1, 0.15) is 12.4 Å². The van der Waals surface area contributed by atoms with Gasteiger partial charge in [-0.15, -0.1) is 0 Å². The summed E-state index contributed by atoms with van der Waals surface area (Å²) in [5, 5.41) is 4.61. The van der Waals surface area contributed by atoms with Crippen LogP contribution >= 0.6 is 11.6 Å². The number of para-hydroxylation sites is 1. The fourth-order valence-electron chi connectivity index (χ4n) is 1.87. The quantitative estimate of drug-likeness (QED) is 0.479. The lowest BCUT2D eigenvalue weighted by Gasteiger charge is -2.06. The smallest absolute Gasteiger partial charge is 0.244 e. The number of nitrogens with one attached hydrogen (secondary N) is 1. The van der Waals surface area contributed by atoms with Crippen LogP contribution in [-0.2, 0) is 11.2 Å². The van der Waals surface area contributed by atoms with Gasteiger partial charge in [-0.05, 0) is 29.8 Å². The van der Waals surface area contributed by atoms with Crippen molar-refractivity contribution in [3.8, 4) is 5.75 Å². The molecule has 0 saturated carbocycles. The van der Waals surface area contributed by atoms with Crippen LogP contribution in [0.3, 0.4) is 0 Å². The van der Waals surface area contributed by atoms with Crippen molar-refractivity contribution in [1.29, 1.82) is 0 Å². The molecule has 1 N–H and O–H groups in total. The Bertz CT molecular complexity index is 696. The molecule has 5 heteroatoms. The standard InChI is InChI=1S/C18H17ClN2O2/c1-2-11-23-17-6-4-3-5-15(17)13-20-21-18(22)12-14-7-9-16(19)10-8-14/h2-10,13H,1,11-12H2,(H,21,22)/b20-13+. The predicted molar refractivity (Wildman–Crippen MR) is 93.0 cm³/mol. The molecule has 0 fully saturated rings. The highest BCUT2D eigenvalue weighted by atomic mass is 35.5. The van der Waals surface area contributed by atoms with Gasteiger partial charge in [0.05, 0.1) is 12.6 Å². The molecular formula is C18H17ClN2O2. The number of rotatable bonds is 7. The van der Waals surface area contributed by atoms with Crippen LogP contribution in [0.5, 0.6) is 5.75 Å². The van der Waals surface area contributed by atoms with E-state index in [-0.39, 0.29) is 12.3 Å². The van der Waals surface area contributed by atoms with Crippen LogP contribution in [0.15, 0.2) is 66.3 Å². The van der Waals surface area contributed by atoms with E-state index in [0.29, 0.717) is 17.4 Å². The topological polar surface area (TPSA) is 50.7 Å². The van der Waals surface area contributed by atoms with E-state index in [1.807, 2.05) is 36.4 Å². The van der Waals surface area contributed by atoms with Gasteiger partial charge < -0.3 is 4.74 Å². The second-order valence-electron chi connectivity index (χ2n) is 4.73. The van der Waals surface area contributed by atoms with Gasteiger partial charge in [-0.1, -0.05) is 48.5 Å². The lowest BCUT2D eigenvalue weighted by molar-refractivity contribution is -0.120. The summed E-state index contributed by atoms with van der Waals surface area (Å²) in [5.74, 6) is 0.483. The molecule has 0 aliphatic carbocycles. The third kappa shape index (κ3) is 5.60. The Labute approximate surface area is 140 Å². The zero-order chi connectivity index (χ0) is 16.5. The summed E-state index contributed by atoms with van der Waals surface area (Å²) in [6, 6.07) is 14.6. The van der Waals surface area contributed by atoms with Gasteiger partial charge >= 0.3 is 0 Å². The second kappa shape index (κ2) is 8.76. The molecule has 23 heavy (non-hydrogen) atoms. The fraction of sp³-hybridized carbons (Fsp3) is 0.111. The highest BCUT2D eigenvalue weighted by molar-refractivity contribution is 6.30. The van der Waals surface area contributed by atoms with Crippen molar-refractivity contribution >= 4 is 23.7 Å². The van der Waals surface area contributed by atoms with Crippen LogP contribution in [0.1, 0.15) is 11.1 Å². The number of hydrogen-bond donors (Lipinski definition) is 1. The Balaban J connectivity index is 1.92. The zero-order valence-corrected chi connectivity index (χ0v) is 13.3. The summed E-state index contributed by atoms with van der Waals surface area (Å²) in [6.45, 7) is 4.02. The van der Waals surface area contributed by atoms with Gasteiger partial charge in [0.15, 0.2) is 0 Å². The van der Waals surface area contributed by atoms with Crippen LogP contribution in [0.2, 0.25) is 5.02 Å². The van der Waals surface area contributed by atoms with E-state index in [0.717, 1.165) is 11.1 Å². The summed E-state index contributed by atoms with van der Waals surface area (Å²) in [5.41, 5.74) is 4.15. The maximum Gasteiger partial charge on any atom is 0.244 e. The molecule has 118 valence electrons. The van der Waals surface area contributed by atoms with Crippen molar-refractivity contribution in [3.63, 3.8) is 0 Å². The molecule has 2 aromatic carbocycles. The van der Waals surface area contributed by atoms with E-state index in [4.69, 9.17) is 16.3 Å². The van der Waals surface area contributed by atoms with E-state index in [2.05, 4.69) is 17.1 Å². The predicted octanol–water partition coefficient (Wildman–Crippen LogP) is 3.60. The van der Waals surface area contributed by atoms with E-state index in [1.54, 1.807) is 24.4 Å². The fourth-order valence-corrected chi connectivity index (χ4v) is 1.99.